The van der Waals surface area contributed by atoms with Gasteiger partial charge < -0.3 is 20.7 Å². The van der Waals surface area contributed by atoms with Crippen molar-refractivity contribution in [2.45, 2.75) is 19.9 Å². The molecule has 2 rings (SSSR count). The Morgan fingerprint density at radius 2 is 1.76 bits per heavy atom. The van der Waals surface area contributed by atoms with Crippen molar-refractivity contribution in [1.82, 2.24) is 10.6 Å². The normalized spacial score (nSPS) is 11.3. The smallest absolute Gasteiger partial charge is 0.257 e. The molecule has 7 nitrogen and oxygen atoms in total. The Balaban J connectivity index is 1.89. The van der Waals surface area contributed by atoms with Gasteiger partial charge in [0.2, 0.25) is 5.91 Å². The number of amides is 3. The average Bonchev–Trinajstić information content (AvgIpc) is 2.69. The topological polar surface area (TPSA) is 96.5 Å². The highest BCUT2D eigenvalue weighted by molar-refractivity contribution is 6.43. The molecule has 0 fully saturated rings. The average molecular weight is 438 g/mol. The summed E-state index contributed by atoms with van der Waals surface area (Å²) in [7, 11) is 0. The third-order valence-electron chi connectivity index (χ3n) is 3.80. The highest BCUT2D eigenvalue weighted by Gasteiger charge is 2.19. The molecule has 154 valence electrons. The van der Waals surface area contributed by atoms with Gasteiger partial charge in [-0.3, -0.25) is 14.4 Å². The number of rotatable bonds is 8. The van der Waals surface area contributed by atoms with E-state index in [9.17, 15) is 14.4 Å². The number of nitrogens with one attached hydrogen (secondary N) is 3. The minimum absolute atomic E-state index is 0.0886. The number of ether oxygens (including phenoxy) is 1. The molecule has 0 aromatic heterocycles. The fraction of sp³-hybridized carbons (Fsp3) is 0.250. The Morgan fingerprint density at radius 1 is 1.07 bits per heavy atom. The number of likely N-dealkylation sites (N-methyl/N-ethyl adjacent to an activating group) is 1. The number of anilines is 1. The molecule has 1 atom stereocenters. The molecule has 2 aromatic carbocycles. The van der Waals surface area contributed by atoms with Crippen molar-refractivity contribution < 1.29 is 19.1 Å². The first-order valence-corrected chi connectivity index (χ1v) is 9.62. The van der Waals surface area contributed by atoms with Crippen molar-refractivity contribution in [1.29, 1.82) is 0 Å². The molecule has 29 heavy (non-hydrogen) atoms. The van der Waals surface area contributed by atoms with E-state index in [1.807, 2.05) is 6.92 Å². The predicted octanol–water partition coefficient (Wildman–Crippen LogP) is 3.27. The number of halogens is 2. The van der Waals surface area contributed by atoms with Crippen molar-refractivity contribution in [2.75, 3.05) is 18.5 Å². The van der Waals surface area contributed by atoms with Gasteiger partial charge in [-0.25, -0.2) is 0 Å². The van der Waals surface area contributed by atoms with E-state index in [1.165, 1.54) is 6.07 Å². The fourth-order valence-electron chi connectivity index (χ4n) is 2.30. The molecule has 3 amide bonds. The summed E-state index contributed by atoms with van der Waals surface area (Å²) in [5.74, 6) is -0.637. The fourth-order valence-corrected chi connectivity index (χ4v) is 2.69. The zero-order valence-corrected chi connectivity index (χ0v) is 17.4. The van der Waals surface area contributed by atoms with Crippen LogP contribution in [0, 0.1) is 0 Å². The molecule has 0 saturated heterocycles. The number of carbonyl (C=O) groups is 3. The van der Waals surface area contributed by atoms with E-state index in [2.05, 4.69) is 16.0 Å². The van der Waals surface area contributed by atoms with Crippen molar-refractivity contribution in [2.24, 2.45) is 0 Å². The Morgan fingerprint density at radius 3 is 2.41 bits per heavy atom. The molecule has 0 aliphatic carbocycles. The second-order valence-corrected chi connectivity index (χ2v) is 6.84. The summed E-state index contributed by atoms with van der Waals surface area (Å²) >= 11 is 11.9. The largest absolute Gasteiger partial charge is 0.484 e. The molecule has 0 aliphatic rings. The van der Waals surface area contributed by atoms with Crippen molar-refractivity contribution in [3.8, 4) is 5.75 Å². The Labute approximate surface area is 178 Å². The van der Waals surface area contributed by atoms with Gasteiger partial charge in [-0.15, -0.1) is 0 Å². The lowest BCUT2D eigenvalue weighted by molar-refractivity contribution is -0.123. The zero-order chi connectivity index (χ0) is 21.4. The second-order valence-electron chi connectivity index (χ2n) is 6.05. The van der Waals surface area contributed by atoms with Gasteiger partial charge in [0, 0.05) is 12.2 Å². The van der Waals surface area contributed by atoms with E-state index in [-0.39, 0.29) is 28.1 Å². The molecule has 3 N–H and O–H groups in total. The molecule has 0 heterocycles. The summed E-state index contributed by atoms with van der Waals surface area (Å²) in [6, 6.07) is 10.4. The van der Waals surface area contributed by atoms with Crippen LogP contribution in [0.4, 0.5) is 5.69 Å². The van der Waals surface area contributed by atoms with Crippen LogP contribution in [0.2, 0.25) is 10.0 Å². The molecule has 1 unspecified atom stereocenters. The lowest BCUT2D eigenvalue weighted by atomic mass is 10.2. The number of benzene rings is 2. The summed E-state index contributed by atoms with van der Waals surface area (Å²) in [5.41, 5.74) is 0.703. The lowest BCUT2D eigenvalue weighted by Crippen LogP contribution is -2.41. The monoisotopic (exact) mass is 437 g/mol. The number of hydrogen-bond acceptors (Lipinski definition) is 4. The second kappa shape index (κ2) is 10.7. The SMILES string of the molecule is CCNC(=O)COc1ccc(NC(=O)C(C)NC(=O)c2cccc(Cl)c2Cl)cc1. The molecule has 0 spiro atoms. The number of carbonyl (C=O) groups excluding carboxylic acids is 3. The lowest BCUT2D eigenvalue weighted by Gasteiger charge is -2.15. The standard InChI is InChI=1S/C20H21Cl2N3O4/c1-3-23-17(26)11-29-14-9-7-13(8-10-14)25-19(27)12(2)24-20(28)15-5-4-6-16(21)18(15)22/h4-10,12H,3,11H2,1-2H3,(H,23,26)(H,24,28)(H,25,27). The molecule has 9 heteroatoms. The van der Waals surface area contributed by atoms with Crippen LogP contribution >= 0.6 is 23.2 Å². The third-order valence-corrected chi connectivity index (χ3v) is 4.62. The summed E-state index contributed by atoms with van der Waals surface area (Å²) in [5, 5.41) is 8.28. The maximum absolute atomic E-state index is 12.3. The third kappa shape index (κ3) is 6.66. The minimum atomic E-state index is -0.814. The summed E-state index contributed by atoms with van der Waals surface area (Å²) in [6.45, 7) is 3.82. The van der Waals surface area contributed by atoms with E-state index >= 15 is 0 Å². The zero-order valence-electron chi connectivity index (χ0n) is 15.9. The maximum Gasteiger partial charge on any atom is 0.257 e. The van der Waals surface area contributed by atoms with Crippen molar-refractivity contribution >= 4 is 46.6 Å². The van der Waals surface area contributed by atoms with E-state index in [0.29, 0.717) is 18.0 Å². The Kier molecular flexibility index (Phi) is 8.30. The van der Waals surface area contributed by atoms with Crippen molar-refractivity contribution in [3.05, 3.63) is 58.1 Å². The highest BCUT2D eigenvalue weighted by Crippen LogP contribution is 2.25. The minimum Gasteiger partial charge on any atom is -0.484 e. The molecular weight excluding hydrogens is 417 g/mol. The Bertz CT molecular complexity index is 888. The van der Waals surface area contributed by atoms with Gasteiger partial charge >= 0.3 is 0 Å². The van der Waals surface area contributed by atoms with Crippen molar-refractivity contribution in [3.63, 3.8) is 0 Å². The first kappa shape index (κ1) is 22.5. The van der Waals surface area contributed by atoms with Gasteiger partial charge in [0.15, 0.2) is 6.61 Å². The van der Waals surface area contributed by atoms with Gasteiger partial charge in [-0.2, -0.15) is 0 Å². The van der Waals surface area contributed by atoms with Crippen LogP contribution in [0.3, 0.4) is 0 Å². The van der Waals surface area contributed by atoms with Crippen LogP contribution in [0.1, 0.15) is 24.2 Å². The van der Waals surface area contributed by atoms with Crippen LogP contribution in [-0.4, -0.2) is 36.9 Å². The van der Waals surface area contributed by atoms with E-state index in [4.69, 9.17) is 27.9 Å². The van der Waals surface area contributed by atoms with E-state index in [0.717, 1.165) is 0 Å². The molecule has 0 radical (unpaired) electrons. The quantitative estimate of drug-likeness (QED) is 0.590. The first-order chi connectivity index (χ1) is 13.8. The first-order valence-electron chi connectivity index (χ1n) is 8.87. The summed E-state index contributed by atoms with van der Waals surface area (Å²) in [4.78, 5) is 36.0. The maximum atomic E-state index is 12.3. The Hall–Kier alpha value is -2.77. The van der Waals surface area contributed by atoms with Crippen LogP contribution in [0.25, 0.3) is 0 Å². The molecular formula is C20H21Cl2N3O4. The molecule has 2 aromatic rings. The molecule has 0 bridgehead atoms. The molecule has 0 saturated carbocycles. The van der Waals surface area contributed by atoms with E-state index < -0.39 is 17.9 Å². The van der Waals surface area contributed by atoms with Crippen LogP contribution < -0.4 is 20.7 Å². The molecule has 0 aliphatic heterocycles. The summed E-state index contributed by atoms with van der Waals surface area (Å²) in [6.07, 6.45) is 0. The van der Waals surface area contributed by atoms with E-state index in [1.54, 1.807) is 43.3 Å². The number of hydrogen-bond donors (Lipinski definition) is 3. The van der Waals surface area contributed by atoms with Gasteiger partial charge in [0.05, 0.1) is 15.6 Å². The van der Waals surface area contributed by atoms with Crippen LogP contribution in [0.15, 0.2) is 42.5 Å². The van der Waals surface area contributed by atoms with Gasteiger partial charge in [-0.1, -0.05) is 29.3 Å². The van der Waals surface area contributed by atoms with Crippen LogP contribution in [0.5, 0.6) is 5.75 Å². The van der Waals surface area contributed by atoms with Crippen LogP contribution in [-0.2, 0) is 9.59 Å². The van der Waals surface area contributed by atoms with Gasteiger partial charge in [0.1, 0.15) is 11.8 Å². The summed E-state index contributed by atoms with van der Waals surface area (Å²) < 4.78 is 5.35. The van der Waals surface area contributed by atoms with Gasteiger partial charge in [-0.05, 0) is 50.2 Å². The van der Waals surface area contributed by atoms with Gasteiger partial charge in [0.25, 0.3) is 11.8 Å². The predicted molar refractivity (Wildman–Crippen MR) is 113 cm³/mol. The highest BCUT2D eigenvalue weighted by atomic mass is 35.5.